The van der Waals surface area contributed by atoms with E-state index in [2.05, 4.69) is 63.3 Å². The molecular weight excluding hydrogens is 246 g/mol. The Hall–Kier alpha value is -0.860. The summed E-state index contributed by atoms with van der Waals surface area (Å²) in [5, 5.41) is 3.73. The normalized spacial score (nSPS) is 14.4. The summed E-state index contributed by atoms with van der Waals surface area (Å²) in [4.78, 5) is 0. The first-order valence-corrected chi connectivity index (χ1v) is 8.18. The molecule has 0 aliphatic heterocycles. The van der Waals surface area contributed by atoms with Crippen molar-refractivity contribution < 1.29 is 4.74 Å². The zero-order valence-electron chi connectivity index (χ0n) is 13.6. The summed E-state index contributed by atoms with van der Waals surface area (Å²) in [5.41, 5.74) is 1.29. The van der Waals surface area contributed by atoms with E-state index in [9.17, 15) is 0 Å². The van der Waals surface area contributed by atoms with Gasteiger partial charge >= 0.3 is 0 Å². The summed E-state index contributed by atoms with van der Waals surface area (Å²) in [5.74, 6) is 0.651. The molecule has 1 rings (SSSR count). The molecule has 0 spiro atoms. The predicted octanol–water partition coefficient (Wildman–Crippen LogP) is 4.57. The molecule has 0 heterocycles. The molecule has 20 heavy (non-hydrogen) atoms. The first kappa shape index (κ1) is 17.2. The van der Waals surface area contributed by atoms with Gasteiger partial charge in [0.25, 0.3) is 0 Å². The molecule has 0 amide bonds. The molecule has 0 radical (unpaired) electrons. The molecule has 0 aliphatic carbocycles. The van der Waals surface area contributed by atoms with Gasteiger partial charge in [0.05, 0.1) is 6.10 Å². The van der Waals surface area contributed by atoms with Crippen LogP contribution in [0, 0.1) is 5.92 Å². The van der Waals surface area contributed by atoms with Crippen molar-refractivity contribution in [2.45, 2.75) is 59.1 Å². The minimum atomic E-state index is 0.151. The summed E-state index contributed by atoms with van der Waals surface area (Å²) in [6.45, 7) is 10.7. The van der Waals surface area contributed by atoms with Crippen molar-refractivity contribution in [3.8, 4) is 0 Å². The van der Waals surface area contributed by atoms with E-state index in [1.54, 1.807) is 0 Å². The van der Waals surface area contributed by atoms with Crippen LogP contribution in [0.15, 0.2) is 30.3 Å². The standard InChI is InChI=1S/C18H31NO/c1-5-14-19-17(15(6-2)7-3)18(20-8-4)16-12-10-9-11-13-16/h9-13,15,17-19H,5-8,14H2,1-4H3. The first-order chi connectivity index (χ1) is 9.78. The minimum absolute atomic E-state index is 0.151. The third-order valence-corrected chi connectivity index (χ3v) is 3.99. The third-order valence-electron chi connectivity index (χ3n) is 3.99. The molecule has 0 aromatic heterocycles. The van der Waals surface area contributed by atoms with Gasteiger partial charge in [0.1, 0.15) is 0 Å². The van der Waals surface area contributed by atoms with Crippen molar-refractivity contribution in [1.29, 1.82) is 0 Å². The fourth-order valence-corrected chi connectivity index (χ4v) is 2.86. The topological polar surface area (TPSA) is 21.3 Å². The lowest BCUT2D eigenvalue weighted by Gasteiger charge is -2.34. The Morgan fingerprint density at radius 3 is 2.15 bits per heavy atom. The van der Waals surface area contributed by atoms with Crippen LogP contribution in [-0.2, 0) is 4.74 Å². The van der Waals surface area contributed by atoms with Crippen LogP contribution in [-0.4, -0.2) is 19.2 Å². The minimum Gasteiger partial charge on any atom is -0.372 e. The molecule has 1 N–H and O–H groups in total. The van der Waals surface area contributed by atoms with Gasteiger partial charge in [-0.05, 0) is 31.4 Å². The Kier molecular flexibility index (Phi) is 8.56. The lowest BCUT2D eigenvalue weighted by Crippen LogP contribution is -2.42. The SMILES string of the molecule is CCCNC(C(CC)CC)C(OCC)c1ccccc1. The number of hydrogen-bond acceptors (Lipinski definition) is 2. The zero-order valence-corrected chi connectivity index (χ0v) is 13.6. The number of benzene rings is 1. The maximum Gasteiger partial charge on any atom is 0.0980 e. The van der Waals surface area contributed by atoms with E-state index in [1.807, 2.05) is 0 Å². The maximum atomic E-state index is 6.11. The van der Waals surface area contributed by atoms with Crippen molar-refractivity contribution in [2.24, 2.45) is 5.92 Å². The highest BCUT2D eigenvalue weighted by Crippen LogP contribution is 2.29. The van der Waals surface area contributed by atoms with Gasteiger partial charge in [0, 0.05) is 12.6 Å². The van der Waals surface area contributed by atoms with Crippen LogP contribution in [0.5, 0.6) is 0 Å². The smallest absolute Gasteiger partial charge is 0.0980 e. The second-order valence-electron chi connectivity index (χ2n) is 5.34. The van der Waals surface area contributed by atoms with E-state index in [1.165, 1.54) is 18.4 Å². The average Bonchev–Trinajstić information content (AvgIpc) is 2.50. The fraction of sp³-hybridized carbons (Fsp3) is 0.667. The highest BCUT2D eigenvalue weighted by Gasteiger charge is 2.28. The van der Waals surface area contributed by atoms with Gasteiger partial charge in [-0.3, -0.25) is 0 Å². The molecule has 0 fully saturated rings. The molecule has 114 valence electrons. The van der Waals surface area contributed by atoms with Crippen LogP contribution >= 0.6 is 0 Å². The summed E-state index contributed by atoms with van der Waals surface area (Å²) in [6, 6.07) is 11.0. The molecule has 2 unspecified atom stereocenters. The van der Waals surface area contributed by atoms with Crippen LogP contribution in [0.25, 0.3) is 0 Å². The van der Waals surface area contributed by atoms with E-state index < -0.39 is 0 Å². The van der Waals surface area contributed by atoms with E-state index in [0.29, 0.717) is 12.0 Å². The van der Waals surface area contributed by atoms with Crippen molar-refractivity contribution >= 4 is 0 Å². The Labute approximate surface area is 124 Å². The molecule has 1 aromatic rings. The second kappa shape index (κ2) is 9.95. The lowest BCUT2D eigenvalue weighted by molar-refractivity contribution is 0.0144. The molecule has 0 saturated heterocycles. The molecule has 1 aromatic carbocycles. The predicted molar refractivity (Wildman–Crippen MR) is 87.0 cm³/mol. The van der Waals surface area contributed by atoms with Crippen LogP contribution in [0.3, 0.4) is 0 Å². The van der Waals surface area contributed by atoms with Gasteiger partial charge in [-0.2, -0.15) is 0 Å². The largest absolute Gasteiger partial charge is 0.372 e. The van der Waals surface area contributed by atoms with Gasteiger partial charge < -0.3 is 10.1 Å². The van der Waals surface area contributed by atoms with Crippen molar-refractivity contribution in [1.82, 2.24) is 5.32 Å². The van der Waals surface area contributed by atoms with Crippen molar-refractivity contribution in [3.63, 3.8) is 0 Å². The molecule has 2 heteroatoms. The molecule has 2 nitrogen and oxygen atoms in total. The van der Waals surface area contributed by atoms with Crippen LogP contribution in [0.4, 0.5) is 0 Å². The lowest BCUT2D eigenvalue weighted by atomic mass is 9.87. The molecule has 2 atom stereocenters. The van der Waals surface area contributed by atoms with E-state index in [4.69, 9.17) is 4.74 Å². The Morgan fingerprint density at radius 1 is 1.00 bits per heavy atom. The Balaban J connectivity index is 2.96. The van der Waals surface area contributed by atoms with E-state index in [0.717, 1.165) is 19.6 Å². The zero-order chi connectivity index (χ0) is 14.8. The van der Waals surface area contributed by atoms with Crippen molar-refractivity contribution in [3.05, 3.63) is 35.9 Å². The molecule has 0 saturated carbocycles. The molecular formula is C18H31NO. The van der Waals surface area contributed by atoms with Gasteiger partial charge in [0.2, 0.25) is 0 Å². The summed E-state index contributed by atoms with van der Waals surface area (Å²) >= 11 is 0. The Morgan fingerprint density at radius 2 is 1.65 bits per heavy atom. The van der Waals surface area contributed by atoms with Crippen LogP contribution in [0.2, 0.25) is 0 Å². The van der Waals surface area contributed by atoms with Gasteiger partial charge in [0.15, 0.2) is 0 Å². The summed E-state index contributed by atoms with van der Waals surface area (Å²) < 4.78 is 6.11. The first-order valence-electron chi connectivity index (χ1n) is 8.18. The summed E-state index contributed by atoms with van der Waals surface area (Å²) in [6.07, 6.45) is 3.69. The molecule has 0 aliphatic rings. The second-order valence-corrected chi connectivity index (χ2v) is 5.34. The van der Waals surface area contributed by atoms with Crippen LogP contribution < -0.4 is 5.32 Å². The number of hydrogen-bond donors (Lipinski definition) is 1. The number of ether oxygens (including phenoxy) is 1. The van der Waals surface area contributed by atoms with Crippen molar-refractivity contribution in [2.75, 3.05) is 13.2 Å². The van der Waals surface area contributed by atoms with E-state index in [-0.39, 0.29) is 6.10 Å². The fourth-order valence-electron chi connectivity index (χ4n) is 2.86. The van der Waals surface area contributed by atoms with Crippen LogP contribution in [0.1, 0.15) is 58.6 Å². The quantitative estimate of drug-likeness (QED) is 0.676. The highest BCUT2D eigenvalue weighted by molar-refractivity contribution is 5.19. The summed E-state index contributed by atoms with van der Waals surface area (Å²) in [7, 11) is 0. The highest BCUT2D eigenvalue weighted by atomic mass is 16.5. The average molecular weight is 277 g/mol. The maximum absolute atomic E-state index is 6.11. The van der Waals surface area contributed by atoms with Gasteiger partial charge in [-0.25, -0.2) is 0 Å². The third kappa shape index (κ3) is 4.92. The molecule has 0 bridgehead atoms. The van der Waals surface area contributed by atoms with Gasteiger partial charge in [-0.15, -0.1) is 0 Å². The number of nitrogens with one attached hydrogen (secondary N) is 1. The Bertz CT molecular complexity index is 335. The number of rotatable bonds is 10. The van der Waals surface area contributed by atoms with E-state index >= 15 is 0 Å². The van der Waals surface area contributed by atoms with Gasteiger partial charge in [-0.1, -0.05) is 63.9 Å². The monoisotopic (exact) mass is 277 g/mol.